The SMILES string of the molecule is CC(C)=C1NCCN1C. The Morgan fingerprint density at radius 2 is 2.22 bits per heavy atom. The molecule has 1 fully saturated rings. The molecule has 0 unspecified atom stereocenters. The van der Waals surface area contributed by atoms with E-state index < -0.39 is 0 Å². The van der Waals surface area contributed by atoms with Crippen molar-refractivity contribution in [3.8, 4) is 0 Å². The summed E-state index contributed by atoms with van der Waals surface area (Å²) in [5.41, 5.74) is 1.37. The van der Waals surface area contributed by atoms with E-state index in [9.17, 15) is 0 Å². The Hall–Kier alpha value is -0.660. The van der Waals surface area contributed by atoms with E-state index in [-0.39, 0.29) is 0 Å². The van der Waals surface area contributed by atoms with E-state index in [1.807, 2.05) is 0 Å². The lowest BCUT2D eigenvalue weighted by molar-refractivity contribution is 0.479. The largest absolute Gasteiger partial charge is 0.370 e. The monoisotopic (exact) mass is 126 g/mol. The van der Waals surface area contributed by atoms with Crippen LogP contribution in [0.5, 0.6) is 0 Å². The number of hydrogen-bond acceptors (Lipinski definition) is 2. The second-order valence-electron chi connectivity index (χ2n) is 2.70. The van der Waals surface area contributed by atoms with Crippen molar-refractivity contribution in [2.45, 2.75) is 13.8 Å². The predicted molar refractivity (Wildman–Crippen MR) is 39.0 cm³/mol. The maximum atomic E-state index is 3.31. The Kier molecular flexibility index (Phi) is 1.65. The fraction of sp³-hybridized carbons (Fsp3) is 0.714. The minimum absolute atomic E-state index is 1.09. The molecule has 52 valence electrons. The van der Waals surface area contributed by atoms with E-state index >= 15 is 0 Å². The van der Waals surface area contributed by atoms with Gasteiger partial charge in [0.25, 0.3) is 0 Å². The molecule has 1 saturated heterocycles. The molecule has 0 amide bonds. The van der Waals surface area contributed by atoms with Crippen molar-refractivity contribution >= 4 is 0 Å². The Balaban J connectivity index is 2.70. The molecule has 0 atom stereocenters. The van der Waals surface area contributed by atoms with Crippen LogP contribution >= 0.6 is 0 Å². The maximum absolute atomic E-state index is 3.31. The van der Waals surface area contributed by atoms with Gasteiger partial charge in [-0.25, -0.2) is 0 Å². The molecule has 0 saturated carbocycles. The van der Waals surface area contributed by atoms with E-state index in [0.717, 1.165) is 13.1 Å². The van der Waals surface area contributed by atoms with Crippen LogP contribution in [0.4, 0.5) is 0 Å². The van der Waals surface area contributed by atoms with Crippen molar-refractivity contribution in [1.82, 2.24) is 10.2 Å². The van der Waals surface area contributed by atoms with Crippen molar-refractivity contribution < 1.29 is 0 Å². The molecule has 1 rings (SSSR count). The van der Waals surface area contributed by atoms with Crippen LogP contribution in [0.3, 0.4) is 0 Å². The summed E-state index contributed by atoms with van der Waals surface area (Å²) in [4.78, 5) is 2.25. The number of rotatable bonds is 0. The van der Waals surface area contributed by atoms with Crippen LogP contribution in [0.2, 0.25) is 0 Å². The Morgan fingerprint density at radius 1 is 1.56 bits per heavy atom. The first-order chi connectivity index (χ1) is 4.22. The molecule has 0 bridgehead atoms. The van der Waals surface area contributed by atoms with Gasteiger partial charge in [0.05, 0.1) is 5.82 Å². The van der Waals surface area contributed by atoms with Gasteiger partial charge in [-0.1, -0.05) is 0 Å². The zero-order valence-electron chi connectivity index (χ0n) is 6.36. The molecule has 9 heavy (non-hydrogen) atoms. The summed E-state index contributed by atoms with van der Waals surface area (Å²) in [6.45, 7) is 6.49. The van der Waals surface area contributed by atoms with Crippen LogP contribution in [0.15, 0.2) is 11.4 Å². The predicted octanol–water partition coefficient (Wildman–Crippen LogP) is 0.773. The maximum Gasteiger partial charge on any atom is 0.0997 e. The standard InChI is InChI=1S/C7H14N2/c1-6(2)7-8-4-5-9(7)3/h8H,4-5H2,1-3H3. The summed E-state index contributed by atoms with van der Waals surface area (Å²) in [6, 6.07) is 0. The van der Waals surface area contributed by atoms with Crippen molar-refractivity contribution in [2.75, 3.05) is 20.1 Å². The van der Waals surface area contributed by atoms with E-state index in [0.29, 0.717) is 0 Å². The Morgan fingerprint density at radius 3 is 2.44 bits per heavy atom. The van der Waals surface area contributed by atoms with Gasteiger partial charge < -0.3 is 10.2 Å². The summed E-state index contributed by atoms with van der Waals surface area (Å²) in [5.74, 6) is 1.30. The number of nitrogens with one attached hydrogen (secondary N) is 1. The molecule has 0 aliphatic carbocycles. The summed E-state index contributed by atoms with van der Waals surface area (Å²) in [5, 5.41) is 3.31. The normalized spacial score (nSPS) is 18.1. The fourth-order valence-corrected chi connectivity index (χ4v) is 1.15. The average molecular weight is 126 g/mol. The molecule has 0 aromatic heterocycles. The molecule has 0 aromatic rings. The number of allylic oxidation sites excluding steroid dienone is 1. The molecule has 1 heterocycles. The van der Waals surface area contributed by atoms with Crippen LogP contribution in [0.25, 0.3) is 0 Å². The summed E-state index contributed by atoms with van der Waals surface area (Å²) in [6.07, 6.45) is 0. The van der Waals surface area contributed by atoms with Crippen LogP contribution in [0.1, 0.15) is 13.8 Å². The van der Waals surface area contributed by atoms with E-state index in [2.05, 4.69) is 31.1 Å². The lowest BCUT2D eigenvalue weighted by Gasteiger charge is -2.12. The zero-order valence-corrected chi connectivity index (χ0v) is 6.36. The van der Waals surface area contributed by atoms with Gasteiger partial charge in [-0.15, -0.1) is 0 Å². The van der Waals surface area contributed by atoms with E-state index in [4.69, 9.17) is 0 Å². The summed E-state index contributed by atoms with van der Waals surface area (Å²) < 4.78 is 0. The second kappa shape index (κ2) is 2.29. The average Bonchev–Trinajstić information content (AvgIpc) is 2.13. The van der Waals surface area contributed by atoms with Gasteiger partial charge in [-0.2, -0.15) is 0 Å². The summed E-state index contributed by atoms with van der Waals surface area (Å²) >= 11 is 0. The van der Waals surface area contributed by atoms with Crippen molar-refractivity contribution in [3.63, 3.8) is 0 Å². The number of nitrogens with zero attached hydrogens (tertiary/aromatic N) is 1. The fourth-order valence-electron chi connectivity index (χ4n) is 1.15. The first-order valence-electron chi connectivity index (χ1n) is 3.34. The quantitative estimate of drug-likeness (QED) is 0.516. The lowest BCUT2D eigenvalue weighted by Crippen LogP contribution is -2.15. The highest BCUT2D eigenvalue weighted by Gasteiger charge is 2.11. The first-order valence-corrected chi connectivity index (χ1v) is 3.34. The highest BCUT2D eigenvalue weighted by molar-refractivity contribution is 5.09. The van der Waals surface area contributed by atoms with Gasteiger partial charge in [-0.3, -0.25) is 0 Å². The third-order valence-corrected chi connectivity index (χ3v) is 1.59. The third kappa shape index (κ3) is 1.18. The lowest BCUT2D eigenvalue weighted by atomic mass is 10.3. The Labute approximate surface area is 56.5 Å². The third-order valence-electron chi connectivity index (χ3n) is 1.59. The number of hydrogen-bond donors (Lipinski definition) is 1. The van der Waals surface area contributed by atoms with E-state index in [1.165, 1.54) is 11.4 Å². The van der Waals surface area contributed by atoms with E-state index in [1.54, 1.807) is 0 Å². The summed E-state index contributed by atoms with van der Waals surface area (Å²) in [7, 11) is 2.11. The van der Waals surface area contributed by atoms with Gasteiger partial charge in [0, 0.05) is 20.1 Å². The van der Waals surface area contributed by atoms with Gasteiger partial charge in [0.2, 0.25) is 0 Å². The Bertz CT molecular complexity index is 134. The van der Waals surface area contributed by atoms with Crippen molar-refractivity contribution in [3.05, 3.63) is 11.4 Å². The molecule has 0 aromatic carbocycles. The minimum Gasteiger partial charge on any atom is -0.370 e. The topological polar surface area (TPSA) is 15.3 Å². The molecule has 2 nitrogen and oxygen atoms in total. The number of likely N-dealkylation sites (N-methyl/N-ethyl adjacent to an activating group) is 1. The highest BCUT2D eigenvalue weighted by atomic mass is 15.3. The molecular weight excluding hydrogens is 112 g/mol. The van der Waals surface area contributed by atoms with Crippen LogP contribution in [0, 0.1) is 0 Å². The minimum atomic E-state index is 1.09. The van der Waals surface area contributed by atoms with Crippen molar-refractivity contribution in [1.29, 1.82) is 0 Å². The molecule has 2 heteroatoms. The van der Waals surface area contributed by atoms with Crippen LogP contribution in [-0.2, 0) is 0 Å². The molecule has 0 spiro atoms. The van der Waals surface area contributed by atoms with Gasteiger partial charge in [0.15, 0.2) is 0 Å². The smallest absolute Gasteiger partial charge is 0.0997 e. The molecular formula is C7H14N2. The molecule has 0 radical (unpaired) electrons. The van der Waals surface area contributed by atoms with Gasteiger partial charge in [0.1, 0.15) is 0 Å². The van der Waals surface area contributed by atoms with Gasteiger partial charge >= 0.3 is 0 Å². The first kappa shape index (κ1) is 6.46. The zero-order chi connectivity index (χ0) is 6.85. The molecule has 1 aliphatic rings. The van der Waals surface area contributed by atoms with Gasteiger partial charge in [-0.05, 0) is 19.4 Å². The highest BCUT2D eigenvalue weighted by Crippen LogP contribution is 2.07. The van der Waals surface area contributed by atoms with Crippen LogP contribution < -0.4 is 5.32 Å². The molecule has 1 N–H and O–H groups in total. The van der Waals surface area contributed by atoms with Crippen LogP contribution in [-0.4, -0.2) is 25.0 Å². The van der Waals surface area contributed by atoms with Crippen molar-refractivity contribution in [2.24, 2.45) is 0 Å². The second-order valence-corrected chi connectivity index (χ2v) is 2.70. The molecule has 1 aliphatic heterocycles.